The average molecular weight is 262 g/mol. The monoisotopic (exact) mass is 262 g/mol. The van der Waals surface area contributed by atoms with Gasteiger partial charge in [-0.15, -0.1) is 0 Å². The Morgan fingerprint density at radius 2 is 1.44 bits per heavy atom. The van der Waals surface area contributed by atoms with Crippen LogP contribution in [0.3, 0.4) is 0 Å². The second-order valence-corrected chi connectivity index (χ2v) is 5.11. The summed E-state index contributed by atoms with van der Waals surface area (Å²) in [6.45, 7) is -0.565. The van der Waals surface area contributed by atoms with E-state index in [0.717, 1.165) is 25.7 Å². The fourth-order valence-corrected chi connectivity index (χ4v) is 2.28. The molecule has 5 nitrogen and oxygen atoms in total. The van der Waals surface area contributed by atoms with Gasteiger partial charge in [0.2, 0.25) is 0 Å². The van der Waals surface area contributed by atoms with Gasteiger partial charge in [-0.25, -0.2) is 0 Å². The van der Waals surface area contributed by atoms with Gasteiger partial charge in [0.1, 0.15) is 18.3 Å². The second kappa shape index (κ2) is 8.82. The lowest BCUT2D eigenvalue weighted by molar-refractivity contribution is -0.111. The summed E-state index contributed by atoms with van der Waals surface area (Å²) in [5.74, 6) is 0. The van der Waals surface area contributed by atoms with Crippen molar-refractivity contribution in [1.82, 2.24) is 0 Å². The SMILES string of the molecule is OCC(O)C(O)C(O)COC1CCCCCCC1. The third-order valence-electron chi connectivity index (χ3n) is 3.53. The summed E-state index contributed by atoms with van der Waals surface area (Å²) < 4.78 is 5.59. The third kappa shape index (κ3) is 5.63. The topological polar surface area (TPSA) is 90.2 Å². The second-order valence-electron chi connectivity index (χ2n) is 5.11. The van der Waals surface area contributed by atoms with Crippen molar-refractivity contribution in [3.05, 3.63) is 0 Å². The van der Waals surface area contributed by atoms with Crippen LogP contribution in [0, 0.1) is 0 Å². The summed E-state index contributed by atoms with van der Waals surface area (Å²) in [4.78, 5) is 0. The Morgan fingerprint density at radius 1 is 0.889 bits per heavy atom. The first-order chi connectivity index (χ1) is 8.65. The molecule has 0 aromatic rings. The molecule has 0 heterocycles. The van der Waals surface area contributed by atoms with E-state index < -0.39 is 24.9 Å². The van der Waals surface area contributed by atoms with Crippen LogP contribution in [0.25, 0.3) is 0 Å². The van der Waals surface area contributed by atoms with Crippen LogP contribution in [0.5, 0.6) is 0 Å². The van der Waals surface area contributed by atoms with Crippen LogP contribution < -0.4 is 0 Å². The lowest BCUT2D eigenvalue weighted by Gasteiger charge is -2.25. The zero-order valence-corrected chi connectivity index (χ0v) is 10.9. The molecule has 0 aliphatic heterocycles. The van der Waals surface area contributed by atoms with Crippen molar-refractivity contribution in [2.45, 2.75) is 69.4 Å². The summed E-state index contributed by atoms with van der Waals surface area (Å²) >= 11 is 0. The van der Waals surface area contributed by atoms with Gasteiger partial charge < -0.3 is 25.2 Å². The zero-order valence-electron chi connectivity index (χ0n) is 10.9. The molecule has 3 unspecified atom stereocenters. The minimum absolute atomic E-state index is 0.00287. The maximum absolute atomic E-state index is 9.63. The van der Waals surface area contributed by atoms with Crippen LogP contribution in [0.4, 0.5) is 0 Å². The highest BCUT2D eigenvalue weighted by atomic mass is 16.5. The van der Waals surface area contributed by atoms with Crippen LogP contribution in [-0.4, -0.2) is 58.1 Å². The molecular formula is C13H26O5. The van der Waals surface area contributed by atoms with Gasteiger partial charge in [-0.1, -0.05) is 32.1 Å². The Morgan fingerprint density at radius 3 is 2.00 bits per heavy atom. The molecule has 0 radical (unpaired) electrons. The third-order valence-corrected chi connectivity index (χ3v) is 3.53. The number of hydrogen-bond donors (Lipinski definition) is 4. The number of rotatable bonds is 6. The van der Waals surface area contributed by atoms with Gasteiger partial charge in [0, 0.05) is 0 Å². The van der Waals surface area contributed by atoms with E-state index in [4.69, 9.17) is 9.84 Å². The van der Waals surface area contributed by atoms with E-state index in [1.807, 2.05) is 0 Å². The van der Waals surface area contributed by atoms with Crippen molar-refractivity contribution in [3.8, 4) is 0 Å². The molecule has 4 N–H and O–H groups in total. The Labute approximate surface area is 108 Å². The number of ether oxygens (including phenoxy) is 1. The Hall–Kier alpha value is -0.200. The highest BCUT2D eigenvalue weighted by Gasteiger charge is 2.25. The van der Waals surface area contributed by atoms with Crippen molar-refractivity contribution in [2.75, 3.05) is 13.2 Å². The van der Waals surface area contributed by atoms with Gasteiger partial charge in [0.15, 0.2) is 0 Å². The van der Waals surface area contributed by atoms with Crippen LogP contribution >= 0.6 is 0 Å². The fourth-order valence-electron chi connectivity index (χ4n) is 2.28. The lowest BCUT2D eigenvalue weighted by Crippen LogP contribution is -2.42. The largest absolute Gasteiger partial charge is 0.394 e. The van der Waals surface area contributed by atoms with E-state index >= 15 is 0 Å². The molecule has 1 fully saturated rings. The van der Waals surface area contributed by atoms with E-state index in [-0.39, 0.29) is 12.7 Å². The molecule has 0 saturated heterocycles. The standard InChI is InChI=1S/C13H26O5/c14-8-11(15)13(17)12(16)9-18-10-6-4-2-1-3-5-7-10/h10-17H,1-9H2. The van der Waals surface area contributed by atoms with Crippen molar-refractivity contribution >= 4 is 0 Å². The molecule has 5 heteroatoms. The van der Waals surface area contributed by atoms with Gasteiger partial charge in [0.05, 0.1) is 19.3 Å². The molecule has 0 aromatic carbocycles. The van der Waals surface area contributed by atoms with E-state index in [1.54, 1.807) is 0 Å². The molecule has 0 amide bonds. The maximum atomic E-state index is 9.63. The molecule has 0 aromatic heterocycles. The quantitative estimate of drug-likeness (QED) is 0.549. The van der Waals surface area contributed by atoms with Crippen molar-refractivity contribution in [3.63, 3.8) is 0 Å². The van der Waals surface area contributed by atoms with Crippen LogP contribution in [0.1, 0.15) is 44.9 Å². The number of aliphatic hydroxyl groups is 4. The highest BCUT2D eigenvalue weighted by molar-refractivity contribution is 4.75. The minimum atomic E-state index is -1.36. The Balaban J connectivity index is 2.25. The lowest BCUT2D eigenvalue weighted by atomic mass is 9.98. The normalized spacial score (nSPS) is 24.0. The Kier molecular flexibility index (Phi) is 7.77. The van der Waals surface area contributed by atoms with E-state index in [2.05, 4.69) is 0 Å². The van der Waals surface area contributed by atoms with Gasteiger partial charge >= 0.3 is 0 Å². The summed E-state index contributed by atoms with van der Waals surface area (Å²) in [7, 11) is 0. The molecule has 0 spiro atoms. The van der Waals surface area contributed by atoms with Gasteiger partial charge in [-0.3, -0.25) is 0 Å². The first-order valence-electron chi connectivity index (χ1n) is 6.91. The highest BCUT2D eigenvalue weighted by Crippen LogP contribution is 2.19. The average Bonchev–Trinajstić information content (AvgIpc) is 2.35. The minimum Gasteiger partial charge on any atom is -0.394 e. The van der Waals surface area contributed by atoms with Crippen LogP contribution in [-0.2, 0) is 4.74 Å². The number of hydrogen-bond acceptors (Lipinski definition) is 5. The molecule has 1 rings (SSSR count). The van der Waals surface area contributed by atoms with Crippen molar-refractivity contribution < 1.29 is 25.2 Å². The summed E-state index contributed by atoms with van der Waals surface area (Å²) in [6.07, 6.45) is 4.32. The first kappa shape index (κ1) is 15.9. The molecule has 1 aliphatic rings. The summed E-state index contributed by atoms with van der Waals surface area (Å²) in [6, 6.07) is 0. The summed E-state index contributed by atoms with van der Waals surface area (Å²) in [5.41, 5.74) is 0. The van der Waals surface area contributed by atoms with E-state index in [1.165, 1.54) is 19.3 Å². The van der Waals surface area contributed by atoms with E-state index in [9.17, 15) is 15.3 Å². The number of aliphatic hydroxyl groups excluding tert-OH is 4. The maximum Gasteiger partial charge on any atom is 0.110 e. The zero-order chi connectivity index (χ0) is 13.4. The molecule has 3 atom stereocenters. The predicted octanol–water partition coefficient (Wildman–Crippen LogP) is 0.191. The van der Waals surface area contributed by atoms with Crippen LogP contribution in [0.15, 0.2) is 0 Å². The van der Waals surface area contributed by atoms with Gasteiger partial charge in [0.25, 0.3) is 0 Å². The van der Waals surface area contributed by atoms with Gasteiger partial charge in [-0.05, 0) is 12.8 Å². The summed E-state index contributed by atoms with van der Waals surface area (Å²) in [5, 5.41) is 37.0. The predicted molar refractivity (Wildman–Crippen MR) is 67.2 cm³/mol. The van der Waals surface area contributed by atoms with Crippen molar-refractivity contribution in [1.29, 1.82) is 0 Å². The molecule has 0 bridgehead atoms. The molecular weight excluding hydrogens is 236 g/mol. The Bertz CT molecular complexity index is 202. The molecule has 1 saturated carbocycles. The fraction of sp³-hybridized carbons (Fsp3) is 1.00. The molecule has 18 heavy (non-hydrogen) atoms. The van der Waals surface area contributed by atoms with Crippen molar-refractivity contribution in [2.24, 2.45) is 0 Å². The smallest absolute Gasteiger partial charge is 0.110 e. The molecule has 108 valence electrons. The van der Waals surface area contributed by atoms with Crippen LogP contribution in [0.2, 0.25) is 0 Å². The van der Waals surface area contributed by atoms with E-state index in [0.29, 0.717) is 0 Å². The molecule has 1 aliphatic carbocycles. The van der Waals surface area contributed by atoms with Gasteiger partial charge in [-0.2, -0.15) is 0 Å². The first-order valence-corrected chi connectivity index (χ1v) is 6.91.